The number of likely N-dealkylation sites (N-methyl/N-ethyl adjacent to an activating group) is 1. The molecule has 0 saturated heterocycles. The summed E-state index contributed by atoms with van der Waals surface area (Å²) >= 11 is 3.91. The molecule has 2 amide bonds. The average molecular weight is 615 g/mol. The number of esters is 1. The zero-order valence-corrected chi connectivity index (χ0v) is 16.6. The molecule has 0 aliphatic carbocycles. The summed E-state index contributed by atoms with van der Waals surface area (Å²) in [5.41, 5.74) is 0. The van der Waals surface area contributed by atoms with Gasteiger partial charge in [0.25, 0.3) is 0 Å². The predicted molar refractivity (Wildman–Crippen MR) is 79.3 cm³/mol. The van der Waals surface area contributed by atoms with Crippen LogP contribution < -0.4 is 31.3 Å². The second-order valence-electron chi connectivity index (χ2n) is 2.55. The van der Waals surface area contributed by atoms with Gasteiger partial charge in [0.05, 0.1) is 0 Å². The van der Waals surface area contributed by atoms with Crippen LogP contribution in [0.15, 0.2) is 0 Å². The van der Waals surface area contributed by atoms with Crippen molar-refractivity contribution in [2.24, 2.45) is 0 Å². The van der Waals surface area contributed by atoms with E-state index in [1.165, 1.54) is 7.05 Å². The van der Waals surface area contributed by atoms with Crippen LogP contribution >= 0.6 is 44.9 Å². The molecular weight excluding hydrogens is 604 g/mol. The molecule has 0 saturated carbocycles. The third kappa shape index (κ3) is 12.0. The number of amides is 2. The molecule has 0 aliphatic rings. The maximum atomic E-state index is 11.2. The first-order chi connectivity index (χ1) is 8.45. The van der Waals surface area contributed by atoms with Crippen LogP contribution in [0.3, 0.4) is 0 Å². The number of hydrogen-bond acceptors (Lipinski definition) is 5. The molecule has 11 heteroatoms. The number of ether oxygens (including phenoxy) is 2. The molecule has 0 spiro atoms. The van der Waals surface area contributed by atoms with Crippen LogP contribution in [0.2, 0.25) is 0 Å². The van der Waals surface area contributed by atoms with Crippen molar-refractivity contribution in [1.82, 2.24) is 10.6 Å². The van der Waals surface area contributed by atoms with Gasteiger partial charge in [0.15, 0.2) is 0 Å². The van der Waals surface area contributed by atoms with Crippen molar-refractivity contribution in [3.8, 4) is 0 Å². The first-order valence-electron chi connectivity index (χ1n) is 4.44. The predicted octanol–water partition coefficient (Wildman–Crippen LogP) is -1.85. The van der Waals surface area contributed by atoms with E-state index in [0.29, 0.717) is 0 Å². The fourth-order valence-electron chi connectivity index (χ4n) is 0.602. The van der Waals surface area contributed by atoms with Crippen LogP contribution in [0.4, 0.5) is 4.79 Å². The van der Waals surface area contributed by atoms with Gasteiger partial charge in [-0.15, -0.1) is 0 Å². The molecule has 7 nitrogen and oxygen atoms in total. The molecule has 0 aromatic rings. The van der Waals surface area contributed by atoms with E-state index in [1.54, 1.807) is 0 Å². The summed E-state index contributed by atoms with van der Waals surface area (Å²) < 4.78 is 9.17. The van der Waals surface area contributed by atoms with Gasteiger partial charge in [-0.3, -0.25) is 0 Å². The Morgan fingerprint density at radius 3 is 2.50 bits per heavy atom. The van der Waals surface area contributed by atoms with Crippen molar-refractivity contribution in [3.05, 3.63) is 0 Å². The molecule has 0 radical (unpaired) electrons. The monoisotopic (exact) mass is 615 g/mol. The van der Waals surface area contributed by atoms with E-state index in [4.69, 9.17) is 9.47 Å². The van der Waals surface area contributed by atoms with E-state index in [9.17, 15) is 14.4 Å². The Hall–Kier alpha value is 0.990. The van der Waals surface area contributed by atoms with Gasteiger partial charge >= 0.3 is 143 Å². The minimum absolute atomic E-state index is 0.0530. The van der Waals surface area contributed by atoms with Crippen LogP contribution in [-0.4, -0.2) is 42.8 Å². The van der Waals surface area contributed by atoms with Gasteiger partial charge in [-0.05, 0) is 0 Å². The Morgan fingerprint density at radius 2 is 1.94 bits per heavy atom. The van der Waals surface area contributed by atoms with Gasteiger partial charge in [0, 0.05) is 0 Å². The van der Waals surface area contributed by atoms with Gasteiger partial charge in [-0.2, -0.15) is 0 Å². The quantitative estimate of drug-likeness (QED) is 0.0837. The summed E-state index contributed by atoms with van der Waals surface area (Å²) in [4.78, 5) is 33.1. The molecule has 0 atom stereocenters. The summed E-state index contributed by atoms with van der Waals surface area (Å²) in [6.45, 7) is -0.668. The summed E-state index contributed by atoms with van der Waals surface area (Å²) in [6, 6.07) is 0. The number of carbonyl (C=O) groups is 3. The van der Waals surface area contributed by atoms with Crippen LogP contribution in [0.5, 0.6) is 0 Å². The van der Waals surface area contributed by atoms with Crippen molar-refractivity contribution in [1.29, 1.82) is 0 Å². The molecule has 0 aromatic carbocycles. The van der Waals surface area contributed by atoms with Crippen molar-refractivity contribution in [2.75, 3.05) is 27.0 Å². The molecule has 0 aliphatic heterocycles. The average Bonchev–Trinajstić information content (AvgIpc) is 2.27. The Kier molecular flexibility index (Phi) is 12.4. The van der Waals surface area contributed by atoms with E-state index in [2.05, 4.69) is 54.7 Å². The van der Waals surface area contributed by atoms with Crippen LogP contribution in [0.25, 0.3) is 0 Å². The molecule has 0 heterocycles. The molecule has 0 unspecified atom stereocenters. The maximum absolute atomic E-state index is 11.2. The van der Waals surface area contributed by atoms with E-state index < -0.39 is 26.6 Å². The van der Waals surface area contributed by atoms with Gasteiger partial charge in [0.2, 0.25) is 0 Å². The Morgan fingerprint density at radius 1 is 1.28 bits per heavy atom. The number of halogens is 3. The molecular formula is C7H11I3N2O5P-. The van der Waals surface area contributed by atoms with Gasteiger partial charge < -0.3 is 0 Å². The number of carbonyl (C=O) groups excluding carboxylic acids is 3. The summed E-state index contributed by atoms with van der Waals surface area (Å²) in [5.74, 6) is -0.943. The molecule has 2 N–H and O–H groups in total. The van der Waals surface area contributed by atoms with E-state index >= 15 is 0 Å². The van der Waals surface area contributed by atoms with Crippen molar-refractivity contribution >= 4 is 60.7 Å². The zero-order chi connectivity index (χ0) is 14.0. The normalized spacial score (nSPS) is 10.2. The molecule has 18 heavy (non-hydrogen) atoms. The Labute approximate surface area is 141 Å². The number of rotatable bonds is 8. The Bertz CT molecular complexity index is 305. The standard InChI is InChI=1S/C7H11I3N2O5P/c1-11-5(13)2-16-3-6(14)17-4-12-7(15)10-18(8)9/h2-4H2,1H3,(H,11,13)(H,12,15)/q-1. The summed E-state index contributed by atoms with van der Waals surface area (Å²) in [6.07, 6.45) is 0. The fourth-order valence-corrected chi connectivity index (χ4v) is 9.10. The molecule has 0 aromatic heterocycles. The number of nitrogens with one attached hydrogen (secondary N) is 2. The van der Waals surface area contributed by atoms with Crippen LogP contribution in [0.1, 0.15) is 0 Å². The summed E-state index contributed by atoms with van der Waals surface area (Å²) in [7, 11) is 1.47. The molecule has 0 rings (SSSR count). The molecule has 0 fully saturated rings. The Balaban J connectivity index is 3.53. The van der Waals surface area contributed by atoms with Gasteiger partial charge in [-0.25, -0.2) is 0 Å². The van der Waals surface area contributed by atoms with E-state index in [1.807, 2.05) is 0 Å². The van der Waals surface area contributed by atoms with Crippen molar-refractivity contribution in [2.45, 2.75) is 0 Å². The minimum atomic E-state index is -0.622. The second kappa shape index (κ2) is 11.8. The molecule has 106 valence electrons. The first-order valence-corrected chi connectivity index (χ1v) is 15.2. The van der Waals surface area contributed by atoms with Crippen LogP contribution in [-0.2, 0) is 19.1 Å². The fraction of sp³-hybridized carbons (Fsp3) is 0.571. The van der Waals surface area contributed by atoms with Crippen LogP contribution in [0, 0.1) is 0 Å². The third-order valence-electron chi connectivity index (χ3n) is 1.32. The summed E-state index contributed by atoms with van der Waals surface area (Å²) in [5, 5.41) is 4.84. The van der Waals surface area contributed by atoms with Gasteiger partial charge in [0.1, 0.15) is 0 Å². The third-order valence-corrected chi connectivity index (χ3v) is 11.7. The van der Waals surface area contributed by atoms with E-state index in [0.717, 1.165) is 0 Å². The van der Waals surface area contributed by atoms with Gasteiger partial charge in [-0.1, -0.05) is 0 Å². The van der Waals surface area contributed by atoms with Crippen molar-refractivity contribution in [3.63, 3.8) is 0 Å². The first kappa shape index (κ1) is 19.0. The number of hydrogen-bond donors (Lipinski definition) is 2. The SMILES string of the molecule is CNC(=O)COCC(=O)OCNC(=O)[I-]P(I)I. The van der Waals surface area contributed by atoms with E-state index in [-0.39, 0.29) is 30.6 Å². The van der Waals surface area contributed by atoms with Crippen molar-refractivity contribution < 1.29 is 44.5 Å². The molecule has 0 bridgehead atoms. The topological polar surface area (TPSA) is 93.7 Å². The zero-order valence-electron chi connectivity index (χ0n) is 9.24. The second-order valence-corrected chi connectivity index (χ2v) is 30.8.